The number of nitrogens with zero attached hydrogens (tertiary/aromatic N) is 1. The second-order valence-electron chi connectivity index (χ2n) is 5.79. The number of benzene rings is 2. The summed E-state index contributed by atoms with van der Waals surface area (Å²) < 4.78 is 27.4. The average molecular weight is 381 g/mol. The van der Waals surface area contributed by atoms with Crippen molar-refractivity contribution in [1.29, 1.82) is 0 Å². The van der Waals surface area contributed by atoms with Gasteiger partial charge in [-0.2, -0.15) is 4.31 Å². The van der Waals surface area contributed by atoms with E-state index in [0.717, 1.165) is 16.6 Å². The molecule has 4 rings (SSSR count). The Morgan fingerprint density at radius 1 is 1.08 bits per heavy atom. The summed E-state index contributed by atoms with van der Waals surface area (Å²) in [6, 6.07) is 12.5. The predicted octanol–water partition coefficient (Wildman–Crippen LogP) is 4.22. The molecule has 0 radical (unpaired) electrons. The van der Waals surface area contributed by atoms with E-state index in [1.165, 1.54) is 22.0 Å². The fourth-order valence-electron chi connectivity index (χ4n) is 3.19. The average Bonchev–Trinajstić information content (AvgIpc) is 2.94. The molecule has 0 fully saturated rings. The first-order valence-corrected chi connectivity index (χ1v) is 9.70. The van der Waals surface area contributed by atoms with Crippen molar-refractivity contribution in [3.63, 3.8) is 0 Å². The highest BCUT2D eigenvalue weighted by atomic mass is 35.5. The minimum absolute atomic E-state index is 0.0521. The molecule has 1 aliphatic heterocycles. The smallest absolute Gasteiger partial charge is 0.244 e. The van der Waals surface area contributed by atoms with Gasteiger partial charge in [-0.25, -0.2) is 8.42 Å². The number of rotatable bonds is 2. The van der Waals surface area contributed by atoms with Crippen molar-refractivity contribution in [2.24, 2.45) is 0 Å². The quantitative estimate of drug-likeness (QED) is 0.723. The number of halogens is 2. The summed E-state index contributed by atoms with van der Waals surface area (Å²) in [6.45, 7) is 0.717. The number of para-hydroxylation sites is 1. The topological polar surface area (TPSA) is 53.2 Å². The van der Waals surface area contributed by atoms with Crippen LogP contribution in [0, 0.1) is 0 Å². The highest BCUT2D eigenvalue weighted by Gasteiger charge is 2.31. The number of hydrogen-bond donors (Lipinski definition) is 1. The Hall–Kier alpha value is -1.53. The van der Waals surface area contributed by atoms with E-state index >= 15 is 0 Å². The molecule has 0 saturated heterocycles. The van der Waals surface area contributed by atoms with E-state index < -0.39 is 10.0 Å². The first kappa shape index (κ1) is 16.0. The molecular weight excluding hydrogens is 367 g/mol. The maximum Gasteiger partial charge on any atom is 0.244 e. The van der Waals surface area contributed by atoms with E-state index in [0.29, 0.717) is 24.5 Å². The molecule has 24 heavy (non-hydrogen) atoms. The van der Waals surface area contributed by atoms with Crippen molar-refractivity contribution in [3.05, 3.63) is 63.8 Å². The van der Waals surface area contributed by atoms with E-state index in [4.69, 9.17) is 23.2 Å². The fraction of sp³-hybridized carbons (Fsp3) is 0.176. The van der Waals surface area contributed by atoms with Crippen LogP contribution in [-0.2, 0) is 23.0 Å². The van der Waals surface area contributed by atoms with E-state index in [1.807, 2.05) is 18.2 Å². The van der Waals surface area contributed by atoms with Gasteiger partial charge < -0.3 is 4.98 Å². The summed E-state index contributed by atoms with van der Waals surface area (Å²) in [4.78, 5) is 3.38. The first-order chi connectivity index (χ1) is 11.5. The van der Waals surface area contributed by atoms with E-state index in [2.05, 4.69) is 11.1 Å². The number of fused-ring (bicyclic) bond motifs is 3. The van der Waals surface area contributed by atoms with Gasteiger partial charge in [0.05, 0.1) is 11.6 Å². The lowest BCUT2D eigenvalue weighted by atomic mass is 10.1. The van der Waals surface area contributed by atoms with Crippen molar-refractivity contribution in [1.82, 2.24) is 9.29 Å². The number of hydrogen-bond acceptors (Lipinski definition) is 2. The molecule has 2 heterocycles. The first-order valence-electron chi connectivity index (χ1n) is 7.50. The standard InChI is InChI=1S/C17H14Cl2N2O2S/c18-11-5-6-14(19)17(9-11)24(22,23)21-8-7-13-12-3-1-2-4-15(12)20-16(13)10-21/h1-6,9,20H,7-8,10H2. The molecule has 0 unspecified atom stereocenters. The molecule has 0 saturated carbocycles. The van der Waals surface area contributed by atoms with Crippen LogP contribution in [0.3, 0.4) is 0 Å². The Morgan fingerprint density at radius 3 is 2.71 bits per heavy atom. The van der Waals surface area contributed by atoms with Gasteiger partial charge in [0.2, 0.25) is 10.0 Å². The van der Waals surface area contributed by atoms with Gasteiger partial charge in [0, 0.05) is 28.2 Å². The molecule has 1 aliphatic rings. The van der Waals surface area contributed by atoms with Crippen LogP contribution in [0.25, 0.3) is 10.9 Å². The summed E-state index contributed by atoms with van der Waals surface area (Å²) in [6.07, 6.45) is 0.663. The molecule has 1 aromatic heterocycles. The number of H-pyrrole nitrogens is 1. The summed E-state index contributed by atoms with van der Waals surface area (Å²) in [5, 5.41) is 1.69. The zero-order chi connectivity index (χ0) is 16.9. The van der Waals surface area contributed by atoms with E-state index in [1.54, 1.807) is 6.07 Å². The van der Waals surface area contributed by atoms with Crippen LogP contribution in [0.2, 0.25) is 10.0 Å². The molecule has 7 heteroatoms. The summed E-state index contributed by atoms with van der Waals surface area (Å²) >= 11 is 12.0. The van der Waals surface area contributed by atoms with Gasteiger partial charge in [-0.1, -0.05) is 41.4 Å². The Balaban J connectivity index is 1.75. The number of nitrogens with one attached hydrogen (secondary N) is 1. The van der Waals surface area contributed by atoms with Crippen LogP contribution >= 0.6 is 23.2 Å². The maximum absolute atomic E-state index is 13.0. The summed E-state index contributed by atoms with van der Waals surface area (Å²) in [5.74, 6) is 0. The van der Waals surface area contributed by atoms with Gasteiger partial charge in [0.15, 0.2) is 0 Å². The van der Waals surface area contributed by atoms with Crippen LogP contribution in [0.15, 0.2) is 47.4 Å². The largest absolute Gasteiger partial charge is 0.357 e. The molecule has 0 atom stereocenters. The molecule has 0 amide bonds. The number of sulfonamides is 1. The molecule has 1 N–H and O–H groups in total. The molecule has 124 valence electrons. The van der Waals surface area contributed by atoms with Crippen molar-refractivity contribution in [2.75, 3.05) is 6.54 Å². The SMILES string of the molecule is O=S(=O)(c1cc(Cl)ccc1Cl)N1CCc2c([nH]c3ccccc23)C1. The van der Waals surface area contributed by atoms with Gasteiger partial charge in [-0.15, -0.1) is 0 Å². The van der Waals surface area contributed by atoms with Crippen LogP contribution < -0.4 is 0 Å². The zero-order valence-electron chi connectivity index (χ0n) is 12.6. The molecule has 0 spiro atoms. The minimum atomic E-state index is -3.70. The second kappa shape index (κ2) is 5.77. The predicted molar refractivity (Wildman–Crippen MR) is 96.1 cm³/mol. The Morgan fingerprint density at radius 2 is 1.88 bits per heavy atom. The van der Waals surface area contributed by atoms with Crippen molar-refractivity contribution in [2.45, 2.75) is 17.9 Å². The van der Waals surface area contributed by atoms with Crippen molar-refractivity contribution >= 4 is 44.1 Å². The monoisotopic (exact) mass is 380 g/mol. The molecular formula is C17H14Cl2N2O2S. The van der Waals surface area contributed by atoms with Crippen molar-refractivity contribution in [3.8, 4) is 0 Å². The van der Waals surface area contributed by atoms with Crippen LogP contribution in [-0.4, -0.2) is 24.3 Å². The highest BCUT2D eigenvalue weighted by Crippen LogP contribution is 2.33. The second-order valence-corrected chi connectivity index (χ2v) is 8.54. The third kappa shape index (κ3) is 2.52. The Bertz CT molecular complexity index is 1040. The summed E-state index contributed by atoms with van der Waals surface area (Å²) in [5.41, 5.74) is 3.15. The molecule has 4 nitrogen and oxygen atoms in total. The Kier molecular flexibility index (Phi) is 3.84. The van der Waals surface area contributed by atoms with E-state index in [9.17, 15) is 8.42 Å². The highest BCUT2D eigenvalue weighted by molar-refractivity contribution is 7.89. The third-order valence-corrected chi connectivity index (χ3v) is 6.92. The van der Waals surface area contributed by atoms with Gasteiger partial charge in [0.25, 0.3) is 0 Å². The minimum Gasteiger partial charge on any atom is -0.357 e. The molecule has 2 aromatic carbocycles. The van der Waals surface area contributed by atoms with Gasteiger partial charge >= 0.3 is 0 Å². The van der Waals surface area contributed by atoms with Crippen LogP contribution in [0.1, 0.15) is 11.3 Å². The maximum atomic E-state index is 13.0. The molecule has 0 bridgehead atoms. The number of aromatic nitrogens is 1. The van der Waals surface area contributed by atoms with Crippen LogP contribution in [0.4, 0.5) is 0 Å². The fourth-order valence-corrected chi connectivity index (χ4v) is 5.33. The number of aromatic amines is 1. The lowest BCUT2D eigenvalue weighted by Crippen LogP contribution is -2.36. The normalized spacial score (nSPS) is 15.6. The van der Waals surface area contributed by atoms with E-state index in [-0.39, 0.29) is 9.92 Å². The lowest BCUT2D eigenvalue weighted by molar-refractivity contribution is 0.388. The van der Waals surface area contributed by atoms with Crippen LogP contribution in [0.5, 0.6) is 0 Å². The molecule has 3 aromatic rings. The third-order valence-electron chi connectivity index (χ3n) is 4.36. The summed E-state index contributed by atoms with van der Waals surface area (Å²) in [7, 11) is -3.70. The van der Waals surface area contributed by atoms with Gasteiger partial charge in [0.1, 0.15) is 4.90 Å². The van der Waals surface area contributed by atoms with Crippen molar-refractivity contribution < 1.29 is 8.42 Å². The van der Waals surface area contributed by atoms with Gasteiger partial charge in [-0.3, -0.25) is 0 Å². The molecule has 0 aliphatic carbocycles. The Labute approximate surface area is 150 Å². The zero-order valence-corrected chi connectivity index (χ0v) is 14.9. The van der Waals surface area contributed by atoms with Gasteiger partial charge in [-0.05, 0) is 36.2 Å². The lowest BCUT2D eigenvalue weighted by Gasteiger charge is -2.26.